The van der Waals surface area contributed by atoms with Crippen LogP contribution >= 0.6 is 0 Å². The van der Waals surface area contributed by atoms with Gasteiger partial charge in [0.1, 0.15) is 0 Å². The highest BCUT2D eigenvalue weighted by atomic mass is 16.2. The van der Waals surface area contributed by atoms with E-state index in [2.05, 4.69) is 29.3 Å². The van der Waals surface area contributed by atoms with Gasteiger partial charge in [-0.05, 0) is 41.8 Å². The van der Waals surface area contributed by atoms with Crippen LogP contribution in [0.25, 0.3) is 11.1 Å². The third-order valence-corrected chi connectivity index (χ3v) is 4.86. The molecule has 142 valence electrons. The zero-order chi connectivity index (χ0) is 19.4. The van der Waals surface area contributed by atoms with Gasteiger partial charge in [-0.3, -0.25) is 9.59 Å². The van der Waals surface area contributed by atoms with Crippen molar-refractivity contribution in [2.75, 3.05) is 32.1 Å². The summed E-state index contributed by atoms with van der Waals surface area (Å²) in [5.41, 5.74) is 3.80. The van der Waals surface area contributed by atoms with Gasteiger partial charge in [0.05, 0.1) is 6.04 Å². The molecule has 1 saturated heterocycles. The number of amides is 2. The van der Waals surface area contributed by atoms with Crippen LogP contribution in [-0.2, 0) is 4.79 Å². The highest BCUT2D eigenvalue weighted by molar-refractivity contribution is 5.96. The maximum Gasteiger partial charge on any atom is 0.251 e. The number of hydrogen-bond donors (Lipinski definition) is 1. The van der Waals surface area contributed by atoms with Crippen molar-refractivity contribution in [3.63, 3.8) is 0 Å². The average molecular weight is 365 g/mol. The SMILES string of the molecule is CCCN1C[C@@H](NC(=O)c2cccc(-c3cccc(N(C)C)c3)c2)CC1=O. The lowest BCUT2D eigenvalue weighted by Gasteiger charge is -2.16. The van der Waals surface area contributed by atoms with E-state index in [0.29, 0.717) is 18.5 Å². The van der Waals surface area contributed by atoms with Gasteiger partial charge in [0.2, 0.25) is 5.91 Å². The van der Waals surface area contributed by atoms with Crippen LogP contribution in [0.5, 0.6) is 0 Å². The topological polar surface area (TPSA) is 52.7 Å². The Kier molecular flexibility index (Phi) is 5.79. The molecule has 0 saturated carbocycles. The maximum absolute atomic E-state index is 12.7. The molecule has 0 unspecified atom stereocenters. The number of carbonyl (C=O) groups is 2. The van der Waals surface area contributed by atoms with Gasteiger partial charge in [-0.1, -0.05) is 31.2 Å². The first-order valence-corrected chi connectivity index (χ1v) is 9.44. The molecule has 0 spiro atoms. The summed E-state index contributed by atoms with van der Waals surface area (Å²) < 4.78 is 0. The van der Waals surface area contributed by atoms with Crippen molar-refractivity contribution >= 4 is 17.5 Å². The molecule has 2 amide bonds. The second kappa shape index (κ2) is 8.25. The molecular formula is C22H27N3O2. The molecule has 27 heavy (non-hydrogen) atoms. The van der Waals surface area contributed by atoms with Gasteiger partial charge >= 0.3 is 0 Å². The molecule has 5 heteroatoms. The fourth-order valence-electron chi connectivity index (χ4n) is 3.43. The second-order valence-electron chi connectivity index (χ2n) is 7.24. The molecule has 2 aromatic carbocycles. The normalized spacial score (nSPS) is 16.5. The molecule has 1 N–H and O–H groups in total. The van der Waals surface area contributed by atoms with Gasteiger partial charge in [-0.25, -0.2) is 0 Å². The van der Waals surface area contributed by atoms with E-state index in [-0.39, 0.29) is 17.9 Å². The van der Waals surface area contributed by atoms with E-state index < -0.39 is 0 Å². The first-order chi connectivity index (χ1) is 13.0. The number of rotatable bonds is 6. The number of carbonyl (C=O) groups excluding carboxylic acids is 2. The number of likely N-dealkylation sites (tertiary alicyclic amines) is 1. The van der Waals surface area contributed by atoms with Gasteiger partial charge < -0.3 is 15.1 Å². The molecule has 1 atom stereocenters. The molecule has 1 aliphatic rings. The minimum Gasteiger partial charge on any atom is -0.378 e. The van der Waals surface area contributed by atoms with E-state index in [1.165, 1.54) is 0 Å². The van der Waals surface area contributed by atoms with Crippen molar-refractivity contribution in [1.82, 2.24) is 10.2 Å². The van der Waals surface area contributed by atoms with E-state index in [1.807, 2.05) is 55.4 Å². The lowest BCUT2D eigenvalue weighted by Crippen LogP contribution is -2.37. The minimum absolute atomic E-state index is 0.114. The second-order valence-corrected chi connectivity index (χ2v) is 7.24. The van der Waals surface area contributed by atoms with E-state index >= 15 is 0 Å². The van der Waals surface area contributed by atoms with Crippen LogP contribution in [0.3, 0.4) is 0 Å². The molecule has 1 heterocycles. The van der Waals surface area contributed by atoms with Crippen molar-refractivity contribution in [2.24, 2.45) is 0 Å². The Labute approximate surface area is 161 Å². The Balaban J connectivity index is 1.73. The average Bonchev–Trinajstić information content (AvgIpc) is 3.01. The van der Waals surface area contributed by atoms with Crippen LogP contribution in [-0.4, -0.2) is 49.9 Å². The number of benzene rings is 2. The molecule has 0 radical (unpaired) electrons. The Hall–Kier alpha value is -2.82. The van der Waals surface area contributed by atoms with E-state index in [4.69, 9.17) is 0 Å². The first-order valence-electron chi connectivity index (χ1n) is 9.44. The molecule has 0 bridgehead atoms. The Bertz CT molecular complexity index is 832. The summed E-state index contributed by atoms with van der Waals surface area (Å²) in [6, 6.07) is 15.7. The number of nitrogens with one attached hydrogen (secondary N) is 1. The van der Waals surface area contributed by atoms with Crippen LogP contribution in [0.15, 0.2) is 48.5 Å². The monoisotopic (exact) mass is 365 g/mol. The Morgan fingerprint density at radius 2 is 1.85 bits per heavy atom. The van der Waals surface area contributed by atoms with E-state index in [0.717, 1.165) is 29.8 Å². The third-order valence-electron chi connectivity index (χ3n) is 4.86. The Morgan fingerprint density at radius 1 is 1.15 bits per heavy atom. The standard InChI is InChI=1S/C22H27N3O2/c1-4-11-25-15-19(14-21(25)26)23-22(27)18-9-5-7-16(12-18)17-8-6-10-20(13-17)24(2)3/h5-10,12-13,19H,4,11,14-15H2,1-3H3,(H,23,27)/t19-/m0/s1. The van der Waals surface area contributed by atoms with Crippen molar-refractivity contribution in [3.05, 3.63) is 54.1 Å². The molecular weight excluding hydrogens is 338 g/mol. The fourth-order valence-corrected chi connectivity index (χ4v) is 3.43. The number of hydrogen-bond acceptors (Lipinski definition) is 3. The quantitative estimate of drug-likeness (QED) is 0.856. The van der Waals surface area contributed by atoms with E-state index in [9.17, 15) is 9.59 Å². The lowest BCUT2D eigenvalue weighted by molar-refractivity contribution is -0.127. The summed E-state index contributed by atoms with van der Waals surface area (Å²) in [4.78, 5) is 28.6. The molecule has 2 aromatic rings. The molecule has 0 aliphatic carbocycles. The maximum atomic E-state index is 12.7. The summed E-state index contributed by atoms with van der Waals surface area (Å²) >= 11 is 0. The molecule has 3 rings (SSSR count). The van der Waals surface area contributed by atoms with E-state index in [1.54, 1.807) is 0 Å². The molecule has 5 nitrogen and oxygen atoms in total. The fraction of sp³-hybridized carbons (Fsp3) is 0.364. The zero-order valence-electron chi connectivity index (χ0n) is 16.2. The molecule has 1 fully saturated rings. The molecule has 1 aliphatic heterocycles. The van der Waals surface area contributed by atoms with Gasteiger partial charge in [0.25, 0.3) is 5.91 Å². The van der Waals surface area contributed by atoms with Crippen LogP contribution in [0.4, 0.5) is 5.69 Å². The van der Waals surface area contributed by atoms with Gasteiger partial charge in [0.15, 0.2) is 0 Å². The summed E-state index contributed by atoms with van der Waals surface area (Å²) in [6.07, 6.45) is 1.32. The van der Waals surface area contributed by atoms with Crippen molar-refractivity contribution in [1.29, 1.82) is 0 Å². The smallest absolute Gasteiger partial charge is 0.251 e. The number of anilines is 1. The summed E-state index contributed by atoms with van der Waals surface area (Å²) in [5.74, 6) is -0.00633. The van der Waals surface area contributed by atoms with Gasteiger partial charge in [0, 0.05) is 44.9 Å². The number of nitrogens with zero attached hydrogens (tertiary/aromatic N) is 2. The van der Waals surface area contributed by atoms with Crippen LogP contribution in [0.2, 0.25) is 0 Å². The highest BCUT2D eigenvalue weighted by Crippen LogP contribution is 2.25. The van der Waals surface area contributed by atoms with Crippen LogP contribution in [0, 0.1) is 0 Å². The summed E-state index contributed by atoms with van der Waals surface area (Å²) in [7, 11) is 4.02. The highest BCUT2D eigenvalue weighted by Gasteiger charge is 2.30. The van der Waals surface area contributed by atoms with Crippen LogP contribution in [0.1, 0.15) is 30.1 Å². The van der Waals surface area contributed by atoms with Crippen LogP contribution < -0.4 is 10.2 Å². The minimum atomic E-state index is -0.128. The lowest BCUT2D eigenvalue weighted by atomic mass is 10.0. The van der Waals surface area contributed by atoms with Gasteiger partial charge in [-0.15, -0.1) is 0 Å². The largest absolute Gasteiger partial charge is 0.378 e. The van der Waals surface area contributed by atoms with Crippen molar-refractivity contribution < 1.29 is 9.59 Å². The van der Waals surface area contributed by atoms with Gasteiger partial charge in [-0.2, -0.15) is 0 Å². The van der Waals surface area contributed by atoms with Crippen molar-refractivity contribution in [3.8, 4) is 11.1 Å². The van der Waals surface area contributed by atoms with Crippen molar-refractivity contribution in [2.45, 2.75) is 25.8 Å². The third kappa shape index (κ3) is 4.48. The Morgan fingerprint density at radius 3 is 2.56 bits per heavy atom. The summed E-state index contributed by atoms with van der Waals surface area (Å²) in [6.45, 7) is 3.40. The predicted molar refractivity (Wildman–Crippen MR) is 109 cm³/mol. The first kappa shape index (κ1) is 19.0. The summed E-state index contributed by atoms with van der Waals surface area (Å²) in [5, 5.41) is 3.01. The predicted octanol–water partition coefficient (Wildman–Crippen LogP) is 3.16. The zero-order valence-corrected chi connectivity index (χ0v) is 16.2. The molecule has 0 aromatic heterocycles.